The minimum absolute atomic E-state index is 0.00135. The molecule has 0 spiro atoms. The van der Waals surface area contributed by atoms with E-state index in [4.69, 9.17) is 0 Å². The molecule has 3 rings (SSSR count). The summed E-state index contributed by atoms with van der Waals surface area (Å²) in [5.74, 6) is 0.00135. The van der Waals surface area contributed by atoms with Gasteiger partial charge in [0.2, 0.25) is 0 Å². The highest BCUT2D eigenvalue weighted by Gasteiger charge is 2.30. The van der Waals surface area contributed by atoms with Crippen LogP contribution in [0.25, 0.3) is 11.3 Å². The lowest BCUT2D eigenvalue weighted by atomic mass is 10.0. The molecule has 22 heavy (non-hydrogen) atoms. The average Bonchev–Trinajstić information content (AvgIpc) is 2.77. The second kappa shape index (κ2) is 5.95. The van der Waals surface area contributed by atoms with Gasteiger partial charge in [-0.3, -0.25) is 0 Å². The molecule has 1 aliphatic rings. The molecule has 2 aromatic rings. The molecule has 0 radical (unpaired) electrons. The minimum Gasteiger partial charge on any atom is -0.805 e. The van der Waals surface area contributed by atoms with Gasteiger partial charge in [-0.25, -0.2) is 0 Å². The number of hydrogen-bond acceptors (Lipinski definition) is 2. The van der Waals surface area contributed by atoms with Crippen molar-refractivity contribution in [2.24, 2.45) is 0 Å². The molecule has 0 unspecified atom stereocenters. The SMILES string of the molecule is CC(C)c1c(-c2ccccc2)[n+](=O)c2c(n1[O-])CCCCC2. The first-order chi connectivity index (χ1) is 10.6. The van der Waals surface area contributed by atoms with E-state index in [1.165, 1.54) is 0 Å². The Morgan fingerprint density at radius 2 is 1.77 bits per heavy atom. The number of fused-ring (bicyclic) bond motifs is 1. The first kappa shape index (κ1) is 14.8. The van der Waals surface area contributed by atoms with E-state index in [0.29, 0.717) is 35.6 Å². The van der Waals surface area contributed by atoms with Crippen LogP contribution in [0.3, 0.4) is 0 Å². The molecule has 0 saturated carbocycles. The Bertz CT molecular complexity index is 733. The summed E-state index contributed by atoms with van der Waals surface area (Å²) in [4.78, 5) is 13.0. The predicted molar refractivity (Wildman–Crippen MR) is 87.3 cm³/mol. The summed E-state index contributed by atoms with van der Waals surface area (Å²) in [6.45, 7) is 3.94. The Morgan fingerprint density at radius 1 is 1.09 bits per heavy atom. The van der Waals surface area contributed by atoms with E-state index in [9.17, 15) is 10.1 Å². The van der Waals surface area contributed by atoms with Crippen LogP contribution in [0.1, 0.15) is 56.1 Å². The Hall–Kier alpha value is -2.10. The third-order valence-corrected chi connectivity index (χ3v) is 4.41. The Balaban J connectivity index is 2.36. The van der Waals surface area contributed by atoms with Crippen molar-refractivity contribution in [3.63, 3.8) is 0 Å². The molecule has 0 atom stereocenters. The fourth-order valence-corrected chi connectivity index (χ4v) is 3.34. The number of hydrogen-bond donors (Lipinski definition) is 0. The van der Waals surface area contributed by atoms with E-state index < -0.39 is 0 Å². The molecule has 4 heteroatoms. The molecule has 0 N–H and O–H groups in total. The van der Waals surface area contributed by atoms with Gasteiger partial charge in [-0.2, -0.15) is 0 Å². The molecule has 0 bridgehead atoms. The van der Waals surface area contributed by atoms with Crippen molar-refractivity contribution in [3.8, 4) is 11.3 Å². The van der Waals surface area contributed by atoms with Gasteiger partial charge < -0.3 is 9.94 Å². The molecule has 1 heterocycles. The monoisotopic (exact) mass is 298 g/mol. The topological polar surface area (TPSA) is 51.0 Å². The van der Waals surface area contributed by atoms with Gasteiger partial charge in [-0.15, -0.1) is 0 Å². The summed E-state index contributed by atoms with van der Waals surface area (Å²) < 4.78 is 2.07. The lowest BCUT2D eigenvalue weighted by Gasteiger charge is -2.24. The van der Waals surface area contributed by atoms with Gasteiger partial charge in [-0.05, 0) is 31.4 Å². The maximum Gasteiger partial charge on any atom is 0.289 e. The molecule has 1 aliphatic carbocycles. The highest BCUT2D eigenvalue weighted by atomic mass is 16.5. The molecule has 1 aromatic carbocycles. The Labute approximate surface area is 130 Å². The summed E-state index contributed by atoms with van der Waals surface area (Å²) in [6, 6.07) is 9.53. The van der Waals surface area contributed by atoms with Gasteiger partial charge in [0, 0.05) is 17.2 Å². The van der Waals surface area contributed by atoms with E-state index >= 15 is 0 Å². The van der Waals surface area contributed by atoms with Crippen molar-refractivity contribution in [1.29, 1.82) is 0 Å². The molecule has 0 fully saturated rings. The zero-order valence-corrected chi connectivity index (χ0v) is 13.2. The van der Waals surface area contributed by atoms with Gasteiger partial charge >= 0.3 is 0 Å². The quantitative estimate of drug-likeness (QED) is 0.625. The number of benzene rings is 1. The van der Waals surface area contributed by atoms with Crippen LogP contribution in [0.4, 0.5) is 0 Å². The van der Waals surface area contributed by atoms with E-state index in [0.717, 1.165) is 34.0 Å². The van der Waals surface area contributed by atoms with Crippen LogP contribution in [0, 0.1) is 10.1 Å². The van der Waals surface area contributed by atoms with E-state index in [-0.39, 0.29) is 5.92 Å². The van der Waals surface area contributed by atoms with Crippen LogP contribution in [-0.4, -0.2) is 4.73 Å². The average molecular weight is 298 g/mol. The summed E-state index contributed by atoms with van der Waals surface area (Å²) in [7, 11) is 0. The zero-order chi connectivity index (χ0) is 15.7. The number of nitrogens with zero attached hydrogens (tertiary/aromatic N) is 2. The predicted octanol–water partition coefficient (Wildman–Crippen LogP) is 3.81. The molecule has 116 valence electrons. The number of rotatable bonds is 2. The molecule has 0 amide bonds. The van der Waals surface area contributed by atoms with Gasteiger partial charge in [-0.1, -0.05) is 38.5 Å². The van der Waals surface area contributed by atoms with Crippen LogP contribution in [0.15, 0.2) is 30.3 Å². The maximum absolute atomic E-state index is 13.0. The summed E-state index contributed by atoms with van der Waals surface area (Å²) in [5.41, 5.74) is 3.26. The van der Waals surface area contributed by atoms with Crippen molar-refractivity contribution in [1.82, 2.24) is 4.73 Å². The Kier molecular flexibility index (Phi) is 4.01. The van der Waals surface area contributed by atoms with Gasteiger partial charge in [0.15, 0.2) is 0 Å². The van der Waals surface area contributed by atoms with Gasteiger partial charge in [0.05, 0.1) is 21.4 Å². The fourth-order valence-electron chi connectivity index (χ4n) is 3.34. The highest BCUT2D eigenvalue weighted by molar-refractivity contribution is 5.59. The van der Waals surface area contributed by atoms with E-state index in [1.807, 2.05) is 44.2 Å². The molecule has 0 aliphatic heterocycles. The largest absolute Gasteiger partial charge is 0.805 e. The molecule has 1 aromatic heterocycles. The van der Waals surface area contributed by atoms with Crippen LogP contribution in [-0.2, 0) is 12.8 Å². The maximum atomic E-state index is 13.0. The van der Waals surface area contributed by atoms with Gasteiger partial charge in [0.25, 0.3) is 11.4 Å². The minimum atomic E-state index is 0.00135. The van der Waals surface area contributed by atoms with Crippen LogP contribution in [0.5, 0.6) is 0 Å². The van der Waals surface area contributed by atoms with E-state index in [1.54, 1.807) is 0 Å². The van der Waals surface area contributed by atoms with E-state index in [2.05, 4.69) is 0 Å². The second-order valence-corrected chi connectivity index (χ2v) is 6.30. The summed E-state index contributed by atoms with van der Waals surface area (Å²) >= 11 is 0. The molecule has 0 saturated heterocycles. The Morgan fingerprint density at radius 3 is 2.45 bits per heavy atom. The van der Waals surface area contributed by atoms with Crippen molar-refractivity contribution in [2.45, 2.75) is 51.9 Å². The number of aromatic nitrogens is 2. The second-order valence-electron chi connectivity index (χ2n) is 6.30. The molecule has 4 nitrogen and oxygen atoms in total. The standard InChI is InChI=1S/C18H22N2O2/c1-13(2)17-18(14-9-5-3-6-10-14)20(22)16-12-8-4-7-11-15(16)19(17)21/h3,5-6,9-10,13H,4,7-8,11-12H2,1-2H3. The lowest BCUT2D eigenvalue weighted by Crippen LogP contribution is -2.32. The first-order valence-electron chi connectivity index (χ1n) is 8.07. The fraction of sp³-hybridized carbons (Fsp3) is 0.444. The van der Waals surface area contributed by atoms with Crippen molar-refractivity contribution in [2.75, 3.05) is 0 Å². The van der Waals surface area contributed by atoms with Gasteiger partial charge in [0.1, 0.15) is 0 Å². The first-order valence-corrected chi connectivity index (χ1v) is 8.07. The highest BCUT2D eigenvalue weighted by Crippen LogP contribution is 2.29. The van der Waals surface area contributed by atoms with Crippen molar-refractivity contribution in [3.05, 3.63) is 57.5 Å². The van der Waals surface area contributed by atoms with Crippen molar-refractivity contribution >= 4 is 0 Å². The smallest absolute Gasteiger partial charge is 0.289 e. The van der Waals surface area contributed by atoms with Crippen LogP contribution in [0.2, 0.25) is 0 Å². The summed E-state index contributed by atoms with van der Waals surface area (Å²) in [6.07, 6.45) is 4.43. The summed E-state index contributed by atoms with van der Waals surface area (Å²) in [5, 5.41) is 12.9. The third-order valence-electron chi connectivity index (χ3n) is 4.41. The molecular formula is C18H22N2O2. The van der Waals surface area contributed by atoms with Crippen LogP contribution < -0.4 is 4.43 Å². The van der Waals surface area contributed by atoms with Crippen LogP contribution >= 0.6 is 0 Å². The third kappa shape index (κ3) is 2.43. The van der Waals surface area contributed by atoms with Crippen molar-refractivity contribution < 1.29 is 4.43 Å². The zero-order valence-electron chi connectivity index (χ0n) is 13.2. The normalized spacial score (nSPS) is 14.7. The molecular weight excluding hydrogens is 276 g/mol. The lowest BCUT2D eigenvalue weighted by molar-refractivity contribution is -0.494.